The maximum absolute atomic E-state index is 12.1. The Balaban J connectivity index is 1.65. The van der Waals surface area contributed by atoms with Crippen LogP contribution in [0.15, 0.2) is 53.4 Å². The molecule has 0 spiro atoms. The van der Waals surface area contributed by atoms with Crippen LogP contribution in [0.3, 0.4) is 0 Å². The van der Waals surface area contributed by atoms with Crippen LogP contribution in [0.5, 0.6) is 5.75 Å². The van der Waals surface area contributed by atoms with Crippen molar-refractivity contribution in [2.24, 2.45) is 0 Å². The lowest BCUT2D eigenvalue weighted by molar-refractivity contribution is -0.115. The molecular formula is C16H16N2O5S. The fraction of sp³-hybridized carbons (Fsp3) is 0.188. The second-order valence-electron chi connectivity index (χ2n) is 5.08. The standard InChI is InChI=1S/C16H16N2O5S/c19-16(9-17-24(20,21)12-5-2-1-3-6-12)18-14-7-4-8-15-13(14)10-22-11-23-15/h1-8,17H,9-11H2,(H,18,19). The van der Waals surface area contributed by atoms with Crippen molar-refractivity contribution in [1.29, 1.82) is 0 Å². The highest BCUT2D eigenvalue weighted by Gasteiger charge is 2.18. The van der Waals surface area contributed by atoms with Crippen LogP contribution in [-0.4, -0.2) is 27.7 Å². The molecule has 0 aliphatic carbocycles. The topological polar surface area (TPSA) is 93.7 Å². The molecule has 2 N–H and O–H groups in total. The van der Waals surface area contributed by atoms with E-state index in [0.29, 0.717) is 18.0 Å². The summed E-state index contributed by atoms with van der Waals surface area (Å²) in [6.45, 7) is 0.116. The van der Waals surface area contributed by atoms with Crippen molar-refractivity contribution in [2.75, 3.05) is 18.7 Å². The van der Waals surface area contributed by atoms with Crippen molar-refractivity contribution in [3.63, 3.8) is 0 Å². The van der Waals surface area contributed by atoms with Crippen LogP contribution in [0.2, 0.25) is 0 Å². The summed E-state index contributed by atoms with van der Waals surface area (Å²) < 4.78 is 37.0. The molecule has 1 amide bonds. The Bertz CT molecular complexity index is 837. The molecule has 1 heterocycles. The molecule has 2 aromatic rings. The maximum Gasteiger partial charge on any atom is 0.241 e. The van der Waals surface area contributed by atoms with Gasteiger partial charge in [-0.3, -0.25) is 4.79 Å². The Labute approximate surface area is 139 Å². The van der Waals surface area contributed by atoms with Crippen molar-refractivity contribution in [3.8, 4) is 5.75 Å². The quantitative estimate of drug-likeness (QED) is 0.853. The van der Waals surface area contributed by atoms with Gasteiger partial charge in [0.25, 0.3) is 0 Å². The molecule has 3 rings (SSSR count). The molecule has 0 fully saturated rings. The number of carbonyl (C=O) groups excluding carboxylic acids is 1. The largest absolute Gasteiger partial charge is 0.467 e. The normalized spacial score (nSPS) is 13.7. The number of amides is 1. The van der Waals surface area contributed by atoms with Gasteiger partial charge in [0.15, 0.2) is 6.79 Å². The number of carbonyl (C=O) groups is 1. The summed E-state index contributed by atoms with van der Waals surface area (Å²) in [5.41, 5.74) is 1.26. The van der Waals surface area contributed by atoms with E-state index in [1.165, 1.54) is 12.1 Å². The summed E-state index contributed by atoms with van der Waals surface area (Å²) in [5.74, 6) is 0.164. The average molecular weight is 348 g/mol. The number of anilines is 1. The summed E-state index contributed by atoms with van der Waals surface area (Å²) in [6, 6.07) is 13.1. The van der Waals surface area contributed by atoms with Crippen LogP contribution in [0.1, 0.15) is 5.56 Å². The molecule has 0 bridgehead atoms. The molecule has 24 heavy (non-hydrogen) atoms. The average Bonchev–Trinajstić information content (AvgIpc) is 2.61. The van der Waals surface area contributed by atoms with E-state index in [1.54, 1.807) is 36.4 Å². The highest BCUT2D eigenvalue weighted by atomic mass is 32.2. The van der Waals surface area contributed by atoms with Gasteiger partial charge in [-0.25, -0.2) is 13.1 Å². The van der Waals surface area contributed by atoms with E-state index in [2.05, 4.69) is 10.0 Å². The van der Waals surface area contributed by atoms with Gasteiger partial charge < -0.3 is 14.8 Å². The third-order valence-electron chi connectivity index (χ3n) is 3.43. The third kappa shape index (κ3) is 3.73. The fourth-order valence-electron chi connectivity index (χ4n) is 2.25. The number of nitrogens with one attached hydrogen (secondary N) is 2. The number of rotatable bonds is 5. The van der Waals surface area contributed by atoms with E-state index in [0.717, 1.165) is 5.56 Å². The molecule has 1 aliphatic heterocycles. The summed E-state index contributed by atoms with van der Waals surface area (Å²) in [5, 5.41) is 2.67. The van der Waals surface area contributed by atoms with Gasteiger partial charge in [0, 0.05) is 11.3 Å². The van der Waals surface area contributed by atoms with Gasteiger partial charge in [0.1, 0.15) is 5.75 Å². The summed E-state index contributed by atoms with van der Waals surface area (Å²) >= 11 is 0. The van der Waals surface area contributed by atoms with Gasteiger partial charge in [-0.1, -0.05) is 24.3 Å². The third-order valence-corrected chi connectivity index (χ3v) is 4.84. The molecule has 0 atom stereocenters. The molecule has 0 radical (unpaired) electrons. The first kappa shape index (κ1) is 16.4. The van der Waals surface area contributed by atoms with Crippen LogP contribution in [-0.2, 0) is 26.2 Å². The molecule has 0 saturated heterocycles. The Hall–Kier alpha value is -2.42. The number of ether oxygens (including phenoxy) is 2. The lowest BCUT2D eigenvalue weighted by Crippen LogP contribution is -2.33. The molecule has 126 valence electrons. The predicted octanol–water partition coefficient (Wildman–Crippen LogP) is 1.47. The van der Waals surface area contributed by atoms with Crippen LogP contribution in [0, 0.1) is 0 Å². The van der Waals surface area contributed by atoms with E-state index in [1.807, 2.05) is 0 Å². The monoisotopic (exact) mass is 348 g/mol. The van der Waals surface area contributed by atoms with E-state index in [-0.39, 0.29) is 18.2 Å². The summed E-state index contributed by atoms with van der Waals surface area (Å²) in [4.78, 5) is 12.2. The summed E-state index contributed by atoms with van der Waals surface area (Å²) in [6.07, 6.45) is 0. The number of hydrogen-bond donors (Lipinski definition) is 2. The Morgan fingerprint density at radius 3 is 2.67 bits per heavy atom. The van der Waals surface area contributed by atoms with Crippen molar-refractivity contribution in [3.05, 3.63) is 54.1 Å². The minimum Gasteiger partial charge on any atom is -0.467 e. The van der Waals surface area contributed by atoms with Crippen LogP contribution < -0.4 is 14.8 Å². The Morgan fingerprint density at radius 1 is 1.08 bits per heavy atom. The van der Waals surface area contributed by atoms with Gasteiger partial charge in [-0.2, -0.15) is 0 Å². The minimum absolute atomic E-state index is 0.108. The van der Waals surface area contributed by atoms with E-state index < -0.39 is 15.9 Å². The minimum atomic E-state index is -3.73. The number of fused-ring (bicyclic) bond motifs is 1. The van der Waals surface area contributed by atoms with Gasteiger partial charge in [-0.15, -0.1) is 0 Å². The van der Waals surface area contributed by atoms with Gasteiger partial charge in [0.05, 0.1) is 18.0 Å². The molecular weight excluding hydrogens is 332 g/mol. The molecule has 2 aromatic carbocycles. The van der Waals surface area contributed by atoms with Crippen LogP contribution in [0.4, 0.5) is 5.69 Å². The number of hydrogen-bond acceptors (Lipinski definition) is 5. The molecule has 7 nitrogen and oxygen atoms in total. The second kappa shape index (κ2) is 7.00. The SMILES string of the molecule is O=C(CNS(=O)(=O)c1ccccc1)Nc1cccc2c1COCO2. The van der Waals surface area contributed by atoms with Crippen molar-refractivity contribution < 1.29 is 22.7 Å². The van der Waals surface area contributed by atoms with Crippen molar-refractivity contribution in [1.82, 2.24) is 4.72 Å². The molecule has 0 unspecified atom stereocenters. The smallest absolute Gasteiger partial charge is 0.241 e. The predicted molar refractivity (Wildman–Crippen MR) is 87.0 cm³/mol. The van der Waals surface area contributed by atoms with Gasteiger partial charge >= 0.3 is 0 Å². The molecule has 0 aromatic heterocycles. The summed E-state index contributed by atoms with van der Waals surface area (Å²) in [7, 11) is -3.73. The lowest BCUT2D eigenvalue weighted by Gasteiger charge is -2.20. The zero-order chi connectivity index (χ0) is 17.0. The first-order valence-electron chi connectivity index (χ1n) is 7.23. The zero-order valence-corrected chi connectivity index (χ0v) is 13.5. The Morgan fingerprint density at radius 2 is 1.88 bits per heavy atom. The van der Waals surface area contributed by atoms with Gasteiger partial charge in [-0.05, 0) is 24.3 Å². The van der Waals surface area contributed by atoms with E-state index in [9.17, 15) is 13.2 Å². The van der Waals surface area contributed by atoms with Gasteiger partial charge in [0.2, 0.25) is 15.9 Å². The fourth-order valence-corrected chi connectivity index (χ4v) is 3.26. The highest BCUT2D eigenvalue weighted by molar-refractivity contribution is 7.89. The Kier molecular flexibility index (Phi) is 4.79. The number of benzene rings is 2. The first-order valence-corrected chi connectivity index (χ1v) is 8.71. The highest BCUT2D eigenvalue weighted by Crippen LogP contribution is 2.30. The van der Waals surface area contributed by atoms with Crippen molar-refractivity contribution >= 4 is 21.6 Å². The lowest BCUT2D eigenvalue weighted by atomic mass is 10.1. The van der Waals surface area contributed by atoms with Crippen molar-refractivity contribution in [2.45, 2.75) is 11.5 Å². The molecule has 8 heteroatoms. The maximum atomic E-state index is 12.1. The number of sulfonamides is 1. The molecule has 1 aliphatic rings. The van der Waals surface area contributed by atoms with E-state index in [4.69, 9.17) is 9.47 Å². The van der Waals surface area contributed by atoms with Crippen LogP contribution >= 0.6 is 0 Å². The molecule has 0 saturated carbocycles. The second-order valence-corrected chi connectivity index (χ2v) is 6.85. The van der Waals surface area contributed by atoms with E-state index >= 15 is 0 Å². The zero-order valence-electron chi connectivity index (χ0n) is 12.7. The first-order chi connectivity index (χ1) is 11.6. The van der Waals surface area contributed by atoms with Crippen LogP contribution in [0.25, 0.3) is 0 Å².